The molecular formula is C24H25N4O4P3. The molecule has 8 nitrogen and oxygen atoms in total. The van der Waals surface area contributed by atoms with Gasteiger partial charge in [-0.3, -0.25) is 11.0 Å². The molecule has 0 unspecified atom stereocenters. The van der Waals surface area contributed by atoms with Gasteiger partial charge in [0.15, 0.2) is 8.37 Å². The van der Waals surface area contributed by atoms with E-state index in [2.05, 4.69) is 9.37 Å². The van der Waals surface area contributed by atoms with Crippen LogP contribution in [0.4, 0.5) is 0 Å². The Labute approximate surface area is 207 Å². The molecule has 0 amide bonds. The quantitative estimate of drug-likeness (QED) is 0.177. The van der Waals surface area contributed by atoms with Crippen LogP contribution in [0, 0.1) is 0 Å². The van der Waals surface area contributed by atoms with E-state index in [1.54, 1.807) is 24.3 Å². The lowest BCUT2D eigenvalue weighted by Gasteiger charge is -2.29. The largest absolute Gasteiger partial charge is 0.427 e. The highest BCUT2D eigenvalue weighted by atomic mass is 31.3. The van der Waals surface area contributed by atoms with Crippen molar-refractivity contribution in [2.75, 3.05) is 0 Å². The molecule has 180 valence electrons. The van der Waals surface area contributed by atoms with Gasteiger partial charge in [0, 0.05) is 0 Å². The van der Waals surface area contributed by atoms with Gasteiger partial charge < -0.3 is 18.1 Å². The van der Waals surface area contributed by atoms with E-state index in [1.165, 1.54) is 0 Å². The van der Waals surface area contributed by atoms with Gasteiger partial charge in [-0.25, -0.2) is 0 Å². The van der Waals surface area contributed by atoms with Gasteiger partial charge >= 0.3 is 16.2 Å². The molecule has 0 heterocycles. The summed E-state index contributed by atoms with van der Waals surface area (Å²) in [5.41, 5.74) is 12.0. The molecule has 0 atom stereocenters. The molecule has 0 fully saturated rings. The predicted octanol–water partition coefficient (Wildman–Crippen LogP) is 7.21. The van der Waals surface area contributed by atoms with Crippen LogP contribution in [0.1, 0.15) is 0 Å². The van der Waals surface area contributed by atoms with Gasteiger partial charge in [0.25, 0.3) is 0 Å². The van der Waals surface area contributed by atoms with Crippen molar-refractivity contribution in [2.45, 2.75) is 0 Å². The number of benzene rings is 4. The van der Waals surface area contributed by atoms with Gasteiger partial charge in [-0.15, -0.1) is 4.86 Å². The number of hydrogen-bond donors (Lipinski definition) is 3. The average Bonchev–Trinajstić information content (AvgIpc) is 2.86. The summed E-state index contributed by atoms with van der Waals surface area (Å²) in [6.45, 7) is 0. The van der Waals surface area contributed by atoms with Crippen LogP contribution in [-0.4, -0.2) is 0 Å². The Kier molecular flexibility index (Phi) is 9.10. The summed E-state index contributed by atoms with van der Waals surface area (Å²) >= 11 is 0. The van der Waals surface area contributed by atoms with Gasteiger partial charge in [0.2, 0.25) is 0 Å². The van der Waals surface area contributed by atoms with Crippen molar-refractivity contribution < 1.29 is 18.1 Å². The van der Waals surface area contributed by atoms with Crippen molar-refractivity contribution in [2.24, 2.45) is 15.5 Å². The smallest absolute Gasteiger partial charge is 0.409 e. The van der Waals surface area contributed by atoms with Crippen molar-refractivity contribution in [3.8, 4) is 23.0 Å². The van der Waals surface area contributed by atoms with Crippen LogP contribution in [0.15, 0.2) is 126 Å². The summed E-state index contributed by atoms with van der Waals surface area (Å²) in [5, 5.41) is 0. The Balaban J connectivity index is 1.74. The van der Waals surface area contributed by atoms with Crippen molar-refractivity contribution >= 4 is 24.6 Å². The third-order valence-electron chi connectivity index (χ3n) is 4.24. The van der Waals surface area contributed by atoms with E-state index < -0.39 is 24.6 Å². The van der Waals surface area contributed by atoms with Crippen LogP contribution in [-0.2, 0) is 0 Å². The minimum Gasteiger partial charge on any atom is -0.427 e. The molecule has 0 radical (unpaired) electrons. The average molecular weight is 526 g/mol. The van der Waals surface area contributed by atoms with Crippen LogP contribution in [0.2, 0.25) is 0 Å². The first-order valence-electron chi connectivity index (χ1n) is 10.6. The van der Waals surface area contributed by atoms with Gasteiger partial charge in [-0.2, -0.15) is 4.52 Å². The molecule has 4 rings (SSSR count). The zero-order valence-electron chi connectivity index (χ0n) is 18.6. The van der Waals surface area contributed by atoms with E-state index >= 15 is 0 Å². The number of nitrogens with one attached hydrogen (secondary N) is 1. The summed E-state index contributed by atoms with van der Waals surface area (Å²) < 4.78 is 29.6. The van der Waals surface area contributed by atoms with E-state index in [4.69, 9.17) is 29.1 Å². The number of nitrogens with two attached hydrogens (primary N) is 2. The zero-order valence-corrected chi connectivity index (χ0v) is 21.3. The maximum absolute atomic E-state index is 6.35. The van der Waals surface area contributed by atoms with Crippen molar-refractivity contribution in [1.82, 2.24) is 4.86 Å². The number of hydrogen-bond acceptors (Lipinski definition) is 7. The Morgan fingerprint density at radius 1 is 0.543 bits per heavy atom. The first kappa shape index (κ1) is 25.2. The second kappa shape index (κ2) is 12.7. The summed E-state index contributed by atoms with van der Waals surface area (Å²) in [5.74, 6) is 2.25. The predicted molar refractivity (Wildman–Crippen MR) is 143 cm³/mol. The fourth-order valence-electron chi connectivity index (χ4n) is 2.82. The molecule has 0 saturated carbocycles. The van der Waals surface area contributed by atoms with Crippen LogP contribution in [0.5, 0.6) is 23.0 Å². The van der Waals surface area contributed by atoms with Crippen LogP contribution < -0.4 is 34.0 Å². The molecule has 0 bridgehead atoms. The fraction of sp³-hybridized carbons (Fsp3) is 0. The zero-order chi connectivity index (χ0) is 24.3. The van der Waals surface area contributed by atoms with Crippen LogP contribution >= 0.6 is 24.6 Å². The second-order valence-electron chi connectivity index (χ2n) is 6.96. The third kappa shape index (κ3) is 8.05. The normalized spacial score (nSPS) is 11.2. The highest BCUT2D eigenvalue weighted by Crippen LogP contribution is 2.58. The molecule has 0 aliphatic rings. The molecule has 35 heavy (non-hydrogen) atoms. The lowest BCUT2D eigenvalue weighted by Crippen LogP contribution is -2.20. The Bertz CT molecular complexity index is 1130. The molecule has 0 aromatic heterocycles. The summed E-state index contributed by atoms with van der Waals surface area (Å²) in [7, 11) is -7.03. The Morgan fingerprint density at radius 2 is 0.886 bits per heavy atom. The summed E-state index contributed by atoms with van der Waals surface area (Å²) in [6, 6.07) is 37.0. The molecule has 0 aliphatic carbocycles. The van der Waals surface area contributed by atoms with Gasteiger partial charge in [0.05, 0.1) is 0 Å². The van der Waals surface area contributed by atoms with Crippen LogP contribution in [0.3, 0.4) is 0 Å². The lowest BCUT2D eigenvalue weighted by molar-refractivity contribution is 0.451. The fourth-order valence-corrected chi connectivity index (χ4v) is 7.71. The van der Waals surface area contributed by atoms with Crippen molar-refractivity contribution in [1.29, 1.82) is 0 Å². The molecule has 0 saturated heterocycles. The minimum absolute atomic E-state index is 0.527. The van der Waals surface area contributed by atoms with E-state index in [0.717, 1.165) is 0 Å². The third-order valence-corrected chi connectivity index (χ3v) is 9.34. The molecule has 5 N–H and O–H groups in total. The molecular weight excluding hydrogens is 501 g/mol. The van der Waals surface area contributed by atoms with Crippen molar-refractivity contribution in [3.63, 3.8) is 0 Å². The number of nitrogens with zero attached hydrogens (tertiary/aromatic N) is 1. The molecule has 4 aromatic carbocycles. The monoisotopic (exact) mass is 526 g/mol. The maximum Gasteiger partial charge on any atom is 0.409 e. The van der Waals surface area contributed by atoms with Gasteiger partial charge in [0.1, 0.15) is 23.0 Å². The number of rotatable bonds is 11. The number of para-hydroxylation sites is 4. The Morgan fingerprint density at radius 3 is 1.23 bits per heavy atom. The summed E-state index contributed by atoms with van der Waals surface area (Å²) in [6.07, 6.45) is 0. The summed E-state index contributed by atoms with van der Waals surface area (Å²) in [4.78, 5) is 3.27. The maximum atomic E-state index is 6.35. The van der Waals surface area contributed by atoms with Crippen LogP contribution in [0.25, 0.3) is 0 Å². The topological polar surface area (TPSA) is 113 Å². The Hall–Kier alpha value is -2.95. The van der Waals surface area contributed by atoms with E-state index in [9.17, 15) is 0 Å². The van der Waals surface area contributed by atoms with Gasteiger partial charge in [-0.05, 0) is 48.5 Å². The molecule has 11 heteroatoms. The lowest BCUT2D eigenvalue weighted by atomic mass is 10.3. The van der Waals surface area contributed by atoms with E-state index in [-0.39, 0.29) is 0 Å². The second-order valence-corrected chi connectivity index (χ2v) is 11.5. The molecule has 0 spiro atoms. The van der Waals surface area contributed by atoms with Gasteiger partial charge in [-0.1, -0.05) is 72.8 Å². The van der Waals surface area contributed by atoms with E-state index in [1.807, 2.05) is 97.1 Å². The van der Waals surface area contributed by atoms with Crippen molar-refractivity contribution in [3.05, 3.63) is 121 Å². The van der Waals surface area contributed by atoms with E-state index in [0.29, 0.717) is 23.0 Å². The SMILES string of the molecule is NP(N)N=P(NP(Oc1ccccc1)Oc1ccccc1)(Oc1ccccc1)Oc1ccccc1. The standard InChI is InChI=1S/C24H25N4O4P3/c25-33(26)27-35(31-23-17-9-3-10-18-23,32-24-19-11-4-12-20-24)28-34(29-21-13-5-1-6-14-21)30-22-15-7-2-8-16-22/h1-20,28H,25-26H2. The first-order valence-corrected chi connectivity index (χ1v) is 14.7. The molecule has 4 aromatic rings. The minimum atomic E-state index is -3.39. The highest BCUT2D eigenvalue weighted by molar-refractivity contribution is 7.71. The highest BCUT2D eigenvalue weighted by Gasteiger charge is 2.35. The first-order chi connectivity index (χ1) is 17.1. The molecule has 0 aliphatic heterocycles.